The standard InChI is InChI=1S/C20H17F2N3O5/c1-29-13-4-6-16(17(10-13)30-2)23-18(26)11-24-7-8-25(20(28)19(24)27)12-3-5-14(21)15(22)9-12/h3-10H,11H2,1-2H3,(H,23,26). The lowest BCUT2D eigenvalue weighted by molar-refractivity contribution is -0.116. The van der Waals surface area contributed by atoms with Gasteiger partial charge in [-0.2, -0.15) is 0 Å². The molecule has 0 bridgehead atoms. The molecule has 156 valence electrons. The van der Waals surface area contributed by atoms with Gasteiger partial charge in [0.15, 0.2) is 11.6 Å². The highest BCUT2D eigenvalue weighted by atomic mass is 19.2. The molecule has 0 radical (unpaired) electrons. The zero-order chi connectivity index (χ0) is 21.8. The summed E-state index contributed by atoms with van der Waals surface area (Å²) in [5, 5.41) is 2.59. The molecule has 0 fully saturated rings. The number of ether oxygens (including phenoxy) is 2. The number of amides is 1. The van der Waals surface area contributed by atoms with Gasteiger partial charge in [-0.1, -0.05) is 0 Å². The highest BCUT2D eigenvalue weighted by molar-refractivity contribution is 5.92. The minimum Gasteiger partial charge on any atom is -0.497 e. The smallest absolute Gasteiger partial charge is 0.320 e. The van der Waals surface area contributed by atoms with Crippen molar-refractivity contribution in [1.82, 2.24) is 9.13 Å². The van der Waals surface area contributed by atoms with Crippen LogP contribution in [0.5, 0.6) is 11.5 Å². The number of aromatic nitrogens is 2. The van der Waals surface area contributed by atoms with Gasteiger partial charge in [-0.25, -0.2) is 8.78 Å². The van der Waals surface area contributed by atoms with Crippen LogP contribution in [-0.4, -0.2) is 29.3 Å². The summed E-state index contributed by atoms with van der Waals surface area (Å²) < 4.78 is 38.6. The molecule has 3 rings (SSSR count). The number of hydrogen-bond donors (Lipinski definition) is 1. The van der Waals surface area contributed by atoms with Crippen molar-refractivity contribution in [3.63, 3.8) is 0 Å². The van der Waals surface area contributed by atoms with Crippen LogP contribution in [0.1, 0.15) is 0 Å². The quantitative estimate of drug-likeness (QED) is 0.619. The first-order chi connectivity index (χ1) is 14.3. The fraction of sp³-hybridized carbons (Fsp3) is 0.150. The minimum absolute atomic E-state index is 0.0180. The van der Waals surface area contributed by atoms with Crippen molar-refractivity contribution < 1.29 is 23.0 Å². The van der Waals surface area contributed by atoms with Crippen molar-refractivity contribution in [3.05, 3.63) is 81.1 Å². The van der Waals surface area contributed by atoms with Crippen molar-refractivity contribution in [2.75, 3.05) is 19.5 Å². The Balaban J connectivity index is 1.83. The summed E-state index contributed by atoms with van der Waals surface area (Å²) in [5.41, 5.74) is -1.68. The number of nitrogens with zero attached hydrogens (tertiary/aromatic N) is 2. The molecule has 1 amide bonds. The van der Waals surface area contributed by atoms with Gasteiger partial charge in [0, 0.05) is 24.5 Å². The molecule has 1 heterocycles. The van der Waals surface area contributed by atoms with E-state index in [1.807, 2.05) is 0 Å². The molecule has 0 atom stereocenters. The van der Waals surface area contributed by atoms with E-state index in [2.05, 4.69) is 5.32 Å². The molecule has 1 N–H and O–H groups in total. The summed E-state index contributed by atoms with van der Waals surface area (Å²) in [5.74, 6) is -1.93. The van der Waals surface area contributed by atoms with Crippen LogP contribution >= 0.6 is 0 Å². The Bertz CT molecular complexity index is 1220. The van der Waals surface area contributed by atoms with Gasteiger partial charge in [-0.15, -0.1) is 0 Å². The molecule has 0 aliphatic carbocycles. The van der Waals surface area contributed by atoms with E-state index in [9.17, 15) is 23.2 Å². The number of halogens is 2. The second kappa shape index (κ2) is 8.60. The first kappa shape index (κ1) is 20.8. The third-order valence-electron chi connectivity index (χ3n) is 4.24. The molecule has 8 nitrogen and oxygen atoms in total. The van der Waals surface area contributed by atoms with Crippen LogP contribution in [0, 0.1) is 11.6 Å². The lowest BCUT2D eigenvalue weighted by Crippen LogP contribution is -2.41. The lowest BCUT2D eigenvalue weighted by atomic mass is 10.2. The average molecular weight is 417 g/mol. The van der Waals surface area contributed by atoms with Crippen LogP contribution < -0.4 is 25.9 Å². The van der Waals surface area contributed by atoms with E-state index in [1.54, 1.807) is 18.2 Å². The van der Waals surface area contributed by atoms with Gasteiger partial charge in [0.05, 0.1) is 25.6 Å². The van der Waals surface area contributed by atoms with E-state index in [0.29, 0.717) is 17.2 Å². The molecule has 3 aromatic rings. The topological polar surface area (TPSA) is 91.6 Å². The van der Waals surface area contributed by atoms with Crippen molar-refractivity contribution in [2.45, 2.75) is 6.54 Å². The first-order valence-electron chi connectivity index (χ1n) is 8.63. The van der Waals surface area contributed by atoms with Gasteiger partial charge >= 0.3 is 11.1 Å². The molecule has 10 heteroatoms. The number of carbonyl (C=O) groups is 1. The maximum Gasteiger partial charge on any atom is 0.320 e. The zero-order valence-electron chi connectivity index (χ0n) is 16.0. The van der Waals surface area contributed by atoms with Gasteiger partial charge in [0.25, 0.3) is 0 Å². The average Bonchev–Trinajstić information content (AvgIpc) is 2.74. The van der Waals surface area contributed by atoms with E-state index in [4.69, 9.17) is 9.47 Å². The number of rotatable bonds is 6. The highest BCUT2D eigenvalue weighted by Gasteiger charge is 2.13. The summed E-state index contributed by atoms with van der Waals surface area (Å²) in [4.78, 5) is 37.0. The Labute approximate surface area is 168 Å². The fourth-order valence-electron chi connectivity index (χ4n) is 2.72. The lowest BCUT2D eigenvalue weighted by Gasteiger charge is -2.13. The zero-order valence-corrected chi connectivity index (χ0v) is 16.0. The molecule has 0 aliphatic heterocycles. The van der Waals surface area contributed by atoms with Crippen LogP contribution in [-0.2, 0) is 11.3 Å². The van der Waals surface area contributed by atoms with Crippen molar-refractivity contribution in [3.8, 4) is 17.2 Å². The number of anilines is 1. The molecule has 1 aromatic heterocycles. The van der Waals surface area contributed by atoms with Gasteiger partial charge in [0.2, 0.25) is 5.91 Å². The van der Waals surface area contributed by atoms with Crippen molar-refractivity contribution in [1.29, 1.82) is 0 Å². The second-order valence-corrected chi connectivity index (χ2v) is 6.12. The van der Waals surface area contributed by atoms with E-state index in [0.717, 1.165) is 27.3 Å². The molecule has 0 spiro atoms. The van der Waals surface area contributed by atoms with Crippen LogP contribution in [0.15, 0.2) is 58.4 Å². The number of methoxy groups -OCH3 is 2. The Morgan fingerprint density at radius 3 is 2.40 bits per heavy atom. The number of hydrogen-bond acceptors (Lipinski definition) is 5. The summed E-state index contributed by atoms with van der Waals surface area (Å²) >= 11 is 0. The predicted octanol–water partition coefficient (Wildman–Crippen LogP) is 1.93. The molecule has 0 saturated carbocycles. The first-order valence-corrected chi connectivity index (χ1v) is 8.63. The van der Waals surface area contributed by atoms with Crippen LogP contribution in [0.2, 0.25) is 0 Å². The Morgan fingerprint density at radius 2 is 1.73 bits per heavy atom. The van der Waals surface area contributed by atoms with Crippen LogP contribution in [0.4, 0.5) is 14.5 Å². The molecule has 0 unspecified atom stereocenters. The van der Waals surface area contributed by atoms with Gasteiger partial charge < -0.3 is 14.8 Å². The molecule has 30 heavy (non-hydrogen) atoms. The Hall–Kier alpha value is -3.95. The maximum absolute atomic E-state index is 13.4. The van der Waals surface area contributed by atoms with Gasteiger partial charge in [-0.05, 0) is 24.3 Å². The second-order valence-electron chi connectivity index (χ2n) is 6.12. The predicted molar refractivity (Wildman–Crippen MR) is 104 cm³/mol. The van der Waals surface area contributed by atoms with Crippen molar-refractivity contribution in [2.24, 2.45) is 0 Å². The molecular weight excluding hydrogens is 400 g/mol. The van der Waals surface area contributed by atoms with Crippen molar-refractivity contribution >= 4 is 11.6 Å². The number of carbonyl (C=O) groups excluding carboxylic acids is 1. The summed E-state index contributed by atoms with van der Waals surface area (Å²) in [6.07, 6.45) is 2.40. The maximum atomic E-state index is 13.4. The normalized spacial score (nSPS) is 10.5. The number of nitrogens with one attached hydrogen (secondary N) is 1. The van der Waals surface area contributed by atoms with Crippen LogP contribution in [0.3, 0.4) is 0 Å². The Kier molecular flexibility index (Phi) is 5.95. The van der Waals surface area contributed by atoms with E-state index in [-0.39, 0.29) is 5.69 Å². The molecule has 0 aliphatic rings. The highest BCUT2D eigenvalue weighted by Crippen LogP contribution is 2.28. The SMILES string of the molecule is COc1ccc(NC(=O)Cn2ccn(-c3ccc(F)c(F)c3)c(=O)c2=O)c(OC)c1. The number of benzene rings is 2. The van der Waals surface area contributed by atoms with Gasteiger partial charge in [-0.3, -0.25) is 23.5 Å². The Morgan fingerprint density at radius 1 is 0.967 bits per heavy atom. The third kappa shape index (κ3) is 4.22. The minimum atomic E-state index is -1.16. The summed E-state index contributed by atoms with van der Waals surface area (Å²) in [6.45, 7) is -0.443. The van der Waals surface area contributed by atoms with Crippen LogP contribution in [0.25, 0.3) is 5.69 Å². The van der Waals surface area contributed by atoms with E-state index < -0.39 is 35.2 Å². The van der Waals surface area contributed by atoms with E-state index in [1.165, 1.54) is 26.6 Å². The van der Waals surface area contributed by atoms with Gasteiger partial charge in [0.1, 0.15) is 18.0 Å². The van der Waals surface area contributed by atoms with E-state index >= 15 is 0 Å². The molecule has 0 saturated heterocycles. The largest absolute Gasteiger partial charge is 0.497 e. The summed E-state index contributed by atoms with van der Waals surface area (Å²) in [6, 6.07) is 7.56. The summed E-state index contributed by atoms with van der Waals surface area (Å²) in [7, 11) is 2.91. The molecule has 2 aromatic carbocycles. The molecular formula is C20H17F2N3O5. The third-order valence-corrected chi connectivity index (χ3v) is 4.24. The fourth-order valence-corrected chi connectivity index (χ4v) is 2.72. The monoisotopic (exact) mass is 417 g/mol.